The van der Waals surface area contributed by atoms with Gasteiger partial charge in [-0.1, -0.05) is 0 Å². The second-order valence-electron chi connectivity index (χ2n) is 2.32. The van der Waals surface area contributed by atoms with E-state index >= 15 is 0 Å². The van der Waals surface area contributed by atoms with E-state index in [1.54, 1.807) is 0 Å². The zero-order valence-electron chi connectivity index (χ0n) is 6.32. The third-order valence-corrected chi connectivity index (χ3v) is 1.57. The van der Waals surface area contributed by atoms with Crippen molar-refractivity contribution < 1.29 is 10.0 Å². The Morgan fingerprint density at radius 3 is 2.67 bits per heavy atom. The fourth-order valence-electron chi connectivity index (χ4n) is 0.992. The van der Waals surface area contributed by atoms with Crippen molar-refractivity contribution in [3.63, 3.8) is 0 Å². The summed E-state index contributed by atoms with van der Waals surface area (Å²) >= 11 is 0. The van der Waals surface area contributed by atoms with Crippen molar-refractivity contribution in [1.82, 2.24) is 4.98 Å². The van der Waals surface area contributed by atoms with Gasteiger partial charge in [-0.2, -0.15) is 0 Å². The molecule has 0 unspecified atom stereocenters. The Morgan fingerprint density at radius 1 is 1.58 bits per heavy atom. The van der Waals surface area contributed by atoms with Gasteiger partial charge in [0.1, 0.15) is 0 Å². The van der Waals surface area contributed by atoms with Gasteiger partial charge in [-0.15, -0.1) is 0 Å². The van der Waals surface area contributed by atoms with Gasteiger partial charge in [0.2, 0.25) is 5.56 Å². The van der Waals surface area contributed by atoms with Crippen molar-refractivity contribution >= 4 is 12.6 Å². The van der Waals surface area contributed by atoms with E-state index in [1.165, 1.54) is 12.3 Å². The molecule has 0 radical (unpaired) electrons. The molecular formula is C6H9BN2O3. The molecule has 0 fully saturated rings. The van der Waals surface area contributed by atoms with E-state index in [9.17, 15) is 4.79 Å². The van der Waals surface area contributed by atoms with Crippen molar-refractivity contribution in [2.45, 2.75) is 6.54 Å². The Hall–Kier alpha value is -1.11. The van der Waals surface area contributed by atoms with Crippen LogP contribution < -0.4 is 16.8 Å². The number of pyridine rings is 1. The molecule has 0 bridgehead atoms. The minimum atomic E-state index is -1.77. The summed E-state index contributed by atoms with van der Waals surface area (Å²) in [5.41, 5.74) is 5.12. The molecule has 1 aromatic rings. The fraction of sp³-hybridized carbons (Fsp3) is 0.167. The highest BCUT2D eigenvalue weighted by Crippen LogP contribution is 1.88. The van der Waals surface area contributed by atoms with Gasteiger partial charge >= 0.3 is 7.12 Å². The van der Waals surface area contributed by atoms with Crippen LogP contribution in [-0.2, 0) is 6.54 Å². The molecule has 0 spiro atoms. The zero-order valence-corrected chi connectivity index (χ0v) is 6.32. The van der Waals surface area contributed by atoms with E-state index < -0.39 is 12.7 Å². The van der Waals surface area contributed by atoms with E-state index in [1.807, 2.05) is 0 Å². The van der Waals surface area contributed by atoms with Gasteiger partial charge in [0.25, 0.3) is 0 Å². The van der Waals surface area contributed by atoms with Crippen LogP contribution in [0, 0.1) is 0 Å². The first-order valence-electron chi connectivity index (χ1n) is 3.43. The Bertz CT molecular complexity index is 323. The zero-order chi connectivity index (χ0) is 9.14. The van der Waals surface area contributed by atoms with Crippen molar-refractivity contribution in [1.29, 1.82) is 0 Å². The second-order valence-corrected chi connectivity index (χ2v) is 2.32. The number of aromatic amines is 1. The van der Waals surface area contributed by atoms with Crippen molar-refractivity contribution in [3.05, 3.63) is 28.2 Å². The number of H-pyrrole nitrogens is 1. The Kier molecular flexibility index (Phi) is 2.64. The topological polar surface area (TPSA) is 99.3 Å². The number of aromatic nitrogens is 1. The van der Waals surface area contributed by atoms with E-state index in [0.717, 1.165) is 0 Å². The van der Waals surface area contributed by atoms with Gasteiger partial charge in [0.05, 0.1) is 5.46 Å². The molecule has 0 aliphatic carbocycles. The predicted molar refractivity (Wildman–Crippen MR) is 44.8 cm³/mol. The first kappa shape index (κ1) is 8.99. The van der Waals surface area contributed by atoms with Gasteiger partial charge in [-0.25, -0.2) is 0 Å². The molecule has 5 nitrogen and oxygen atoms in total. The molecule has 64 valence electrons. The maximum atomic E-state index is 11.0. The Balaban J connectivity index is 3.30. The maximum absolute atomic E-state index is 11.0. The third kappa shape index (κ3) is 1.55. The third-order valence-electron chi connectivity index (χ3n) is 1.57. The first-order valence-corrected chi connectivity index (χ1v) is 3.43. The molecule has 0 saturated heterocycles. The van der Waals surface area contributed by atoms with Gasteiger partial charge in [-0.3, -0.25) is 4.79 Å². The molecule has 6 heteroatoms. The first-order chi connectivity index (χ1) is 5.66. The van der Waals surface area contributed by atoms with Gasteiger partial charge in [-0.05, 0) is 11.6 Å². The van der Waals surface area contributed by atoms with Crippen LogP contribution in [-0.4, -0.2) is 22.2 Å². The lowest BCUT2D eigenvalue weighted by Gasteiger charge is -2.03. The summed E-state index contributed by atoms with van der Waals surface area (Å²) in [6, 6.07) is 1.54. The summed E-state index contributed by atoms with van der Waals surface area (Å²) in [7, 11) is -1.77. The monoisotopic (exact) mass is 168 g/mol. The van der Waals surface area contributed by atoms with Crippen LogP contribution in [0.5, 0.6) is 0 Å². The van der Waals surface area contributed by atoms with E-state index in [0.29, 0.717) is 5.56 Å². The SMILES string of the molecule is NCc1cc[nH]c(=O)c1B(O)O. The molecule has 0 aliphatic rings. The average molecular weight is 168 g/mol. The van der Waals surface area contributed by atoms with Crippen LogP contribution >= 0.6 is 0 Å². The number of nitrogens with two attached hydrogens (primary N) is 1. The number of hydrogen-bond donors (Lipinski definition) is 4. The minimum Gasteiger partial charge on any atom is -0.423 e. The van der Waals surface area contributed by atoms with Crippen LogP contribution in [0.3, 0.4) is 0 Å². The lowest BCUT2D eigenvalue weighted by Crippen LogP contribution is -2.45. The lowest BCUT2D eigenvalue weighted by molar-refractivity contribution is 0.425. The molecule has 0 atom stereocenters. The Labute approximate surface area is 69.0 Å². The molecule has 1 heterocycles. The summed E-state index contributed by atoms with van der Waals surface area (Å²) in [4.78, 5) is 13.3. The Morgan fingerprint density at radius 2 is 2.25 bits per heavy atom. The molecule has 0 aromatic carbocycles. The van der Waals surface area contributed by atoms with Gasteiger partial charge in [0, 0.05) is 12.7 Å². The highest BCUT2D eigenvalue weighted by molar-refractivity contribution is 6.59. The van der Waals surface area contributed by atoms with Crippen LogP contribution in [0.15, 0.2) is 17.1 Å². The number of hydrogen-bond acceptors (Lipinski definition) is 4. The molecule has 12 heavy (non-hydrogen) atoms. The van der Waals surface area contributed by atoms with Crippen molar-refractivity contribution in [2.75, 3.05) is 0 Å². The average Bonchev–Trinajstić information content (AvgIpc) is 2.03. The van der Waals surface area contributed by atoms with Crippen molar-refractivity contribution in [3.8, 4) is 0 Å². The minimum absolute atomic E-state index is 0.0833. The van der Waals surface area contributed by atoms with E-state index in [-0.39, 0.29) is 12.0 Å². The van der Waals surface area contributed by atoms with Crippen molar-refractivity contribution in [2.24, 2.45) is 5.73 Å². The summed E-state index contributed by atoms with van der Waals surface area (Å²) in [6.07, 6.45) is 1.41. The quantitative estimate of drug-likeness (QED) is 0.367. The van der Waals surface area contributed by atoms with E-state index in [2.05, 4.69) is 4.98 Å². The fourth-order valence-corrected chi connectivity index (χ4v) is 0.992. The summed E-state index contributed by atoms with van der Waals surface area (Å²) < 4.78 is 0. The molecule has 0 saturated carbocycles. The smallest absolute Gasteiger partial charge is 0.423 e. The number of nitrogens with one attached hydrogen (secondary N) is 1. The van der Waals surface area contributed by atoms with Gasteiger partial charge < -0.3 is 20.8 Å². The number of rotatable bonds is 2. The largest absolute Gasteiger partial charge is 0.494 e. The standard InChI is InChI=1S/C6H9BN2O3/c8-3-4-1-2-9-6(10)5(4)7(11)12/h1-2,11-12H,3,8H2,(H,9,10). The summed E-state index contributed by atoms with van der Waals surface area (Å²) in [6.45, 7) is 0.108. The van der Waals surface area contributed by atoms with Crippen LogP contribution in [0.25, 0.3) is 0 Å². The van der Waals surface area contributed by atoms with E-state index in [4.69, 9.17) is 15.8 Å². The molecule has 1 rings (SSSR count). The molecule has 1 aromatic heterocycles. The normalized spacial score (nSPS) is 9.92. The maximum Gasteiger partial charge on any atom is 0.494 e. The second kappa shape index (κ2) is 3.53. The van der Waals surface area contributed by atoms with Crippen LogP contribution in [0.1, 0.15) is 5.56 Å². The highest BCUT2D eigenvalue weighted by atomic mass is 16.4. The highest BCUT2D eigenvalue weighted by Gasteiger charge is 2.18. The van der Waals surface area contributed by atoms with Crippen LogP contribution in [0.4, 0.5) is 0 Å². The lowest BCUT2D eigenvalue weighted by atomic mass is 9.78. The predicted octanol–water partition coefficient (Wildman–Crippen LogP) is -2.49. The molecule has 0 amide bonds. The summed E-state index contributed by atoms with van der Waals surface area (Å²) in [5.74, 6) is 0. The summed E-state index contributed by atoms with van der Waals surface area (Å²) in [5, 5.41) is 17.6. The molecular weight excluding hydrogens is 159 g/mol. The molecule has 0 aliphatic heterocycles. The van der Waals surface area contributed by atoms with Gasteiger partial charge in [0.15, 0.2) is 0 Å². The van der Waals surface area contributed by atoms with Crippen LogP contribution in [0.2, 0.25) is 0 Å². The molecule has 5 N–H and O–H groups in total.